The Kier molecular flexibility index (Phi) is 5.68. The molecule has 1 aromatic rings. The van der Waals surface area contributed by atoms with E-state index in [-0.39, 0.29) is 11.9 Å². The van der Waals surface area contributed by atoms with E-state index in [1.54, 1.807) is 11.8 Å². The van der Waals surface area contributed by atoms with Gasteiger partial charge in [0.2, 0.25) is 5.91 Å². The lowest BCUT2D eigenvalue weighted by Gasteiger charge is -2.29. The second-order valence-corrected chi connectivity index (χ2v) is 6.00. The zero-order valence-corrected chi connectivity index (χ0v) is 12.7. The summed E-state index contributed by atoms with van der Waals surface area (Å²) in [6.45, 7) is 1.45. The molecule has 1 aliphatic rings. The summed E-state index contributed by atoms with van der Waals surface area (Å²) in [6.07, 6.45) is 5.85. The molecule has 0 aromatic heterocycles. The summed E-state index contributed by atoms with van der Waals surface area (Å²) in [7, 11) is 0. The van der Waals surface area contributed by atoms with Crippen LogP contribution in [0.3, 0.4) is 0 Å². The van der Waals surface area contributed by atoms with Crippen LogP contribution >= 0.6 is 11.8 Å². The summed E-state index contributed by atoms with van der Waals surface area (Å²) in [5.41, 5.74) is 8.54. The Bertz CT molecular complexity index is 473. The van der Waals surface area contributed by atoms with Crippen molar-refractivity contribution in [2.24, 2.45) is 5.73 Å². The molecule has 0 spiro atoms. The molecule has 3 nitrogen and oxygen atoms in total. The SMILES string of the molecule is CSCC[C@H](N)C(=O)N1CC=C(c2ccccc2)CC1. The predicted molar refractivity (Wildman–Crippen MR) is 86.6 cm³/mol. The molecule has 0 unspecified atom stereocenters. The largest absolute Gasteiger partial charge is 0.337 e. The third-order valence-electron chi connectivity index (χ3n) is 3.62. The number of nitrogens with zero attached hydrogens (tertiary/aromatic N) is 1. The van der Waals surface area contributed by atoms with Crippen LogP contribution in [-0.4, -0.2) is 41.9 Å². The van der Waals surface area contributed by atoms with Gasteiger partial charge in [0, 0.05) is 13.1 Å². The highest BCUT2D eigenvalue weighted by molar-refractivity contribution is 7.98. The van der Waals surface area contributed by atoms with E-state index in [0.29, 0.717) is 6.54 Å². The predicted octanol–water partition coefficient (Wildman–Crippen LogP) is 2.38. The lowest BCUT2D eigenvalue weighted by Crippen LogP contribution is -2.45. The normalized spacial score (nSPS) is 16.7. The van der Waals surface area contributed by atoms with Crippen molar-refractivity contribution in [1.29, 1.82) is 0 Å². The quantitative estimate of drug-likeness (QED) is 0.905. The number of amides is 1. The molecule has 2 rings (SSSR count). The zero-order chi connectivity index (χ0) is 14.4. The number of rotatable bonds is 5. The summed E-state index contributed by atoms with van der Waals surface area (Å²) < 4.78 is 0. The Morgan fingerprint density at radius 2 is 2.15 bits per heavy atom. The fourth-order valence-electron chi connectivity index (χ4n) is 2.39. The molecule has 0 radical (unpaired) electrons. The fourth-order valence-corrected chi connectivity index (χ4v) is 2.88. The highest BCUT2D eigenvalue weighted by atomic mass is 32.2. The van der Waals surface area contributed by atoms with Crippen LogP contribution in [0.1, 0.15) is 18.4 Å². The molecule has 0 bridgehead atoms. The number of benzene rings is 1. The first-order valence-electron chi connectivity index (χ1n) is 7.00. The Labute approximate surface area is 125 Å². The topological polar surface area (TPSA) is 46.3 Å². The first-order chi connectivity index (χ1) is 9.72. The van der Waals surface area contributed by atoms with Crippen molar-refractivity contribution in [2.75, 3.05) is 25.1 Å². The molecule has 1 aromatic carbocycles. The summed E-state index contributed by atoms with van der Waals surface area (Å²) in [6, 6.07) is 10.0. The standard InChI is InChI=1S/C16H22N2OS/c1-20-12-9-15(17)16(19)18-10-7-14(8-11-18)13-5-3-2-4-6-13/h2-7,15H,8-12,17H2,1H3/t15-/m0/s1. The van der Waals surface area contributed by atoms with Crippen LogP contribution in [0.25, 0.3) is 5.57 Å². The maximum atomic E-state index is 12.2. The van der Waals surface area contributed by atoms with E-state index in [0.717, 1.165) is 25.1 Å². The average Bonchev–Trinajstić information content (AvgIpc) is 2.53. The summed E-state index contributed by atoms with van der Waals surface area (Å²) in [5.74, 6) is 1.02. The Balaban J connectivity index is 1.93. The Morgan fingerprint density at radius 1 is 1.40 bits per heavy atom. The van der Waals surface area contributed by atoms with E-state index in [1.807, 2.05) is 29.4 Å². The molecule has 108 valence electrons. The smallest absolute Gasteiger partial charge is 0.239 e. The van der Waals surface area contributed by atoms with E-state index in [9.17, 15) is 4.79 Å². The minimum Gasteiger partial charge on any atom is -0.337 e. The van der Waals surface area contributed by atoms with Crippen LogP contribution in [0.4, 0.5) is 0 Å². The number of carbonyl (C=O) groups is 1. The van der Waals surface area contributed by atoms with Gasteiger partial charge in [-0.25, -0.2) is 0 Å². The molecule has 1 amide bonds. The molecule has 20 heavy (non-hydrogen) atoms. The fraction of sp³-hybridized carbons (Fsp3) is 0.438. The van der Waals surface area contributed by atoms with Crippen molar-refractivity contribution in [3.05, 3.63) is 42.0 Å². The van der Waals surface area contributed by atoms with E-state index in [4.69, 9.17) is 5.73 Å². The van der Waals surface area contributed by atoms with Crippen molar-refractivity contribution in [3.63, 3.8) is 0 Å². The van der Waals surface area contributed by atoms with Crippen molar-refractivity contribution in [2.45, 2.75) is 18.9 Å². The van der Waals surface area contributed by atoms with Crippen molar-refractivity contribution >= 4 is 23.2 Å². The molecular formula is C16H22N2OS. The van der Waals surface area contributed by atoms with Gasteiger partial charge in [0.05, 0.1) is 6.04 Å². The van der Waals surface area contributed by atoms with Crippen molar-refractivity contribution in [1.82, 2.24) is 4.90 Å². The minimum absolute atomic E-state index is 0.0856. The van der Waals surface area contributed by atoms with Gasteiger partial charge in [-0.3, -0.25) is 4.79 Å². The van der Waals surface area contributed by atoms with Crippen LogP contribution < -0.4 is 5.73 Å². The molecule has 0 fully saturated rings. The van der Waals surface area contributed by atoms with Crippen molar-refractivity contribution in [3.8, 4) is 0 Å². The molecule has 4 heteroatoms. The number of thioether (sulfide) groups is 1. The number of carbonyl (C=O) groups excluding carboxylic acids is 1. The van der Waals surface area contributed by atoms with Crippen LogP contribution in [0.2, 0.25) is 0 Å². The highest BCUT2D eigenvalue weighted by Crippen LogP contribution is 2.22. The zero-order valence-electron chi connectivity index (χ0n) is 11.9. The van der Waals surface area contributed by atoms with Gasteiger partial charge in [-0.2, -0.15) is 11.8 Å². The minimum atomic E-state index is -0.353. The van der Waals surface area contributed by atoms with Gasteiger partial charge in [-0.15, -0.1) is 0 Å². The van der Waals surface area contributed by atoms with Gasteiger partial charge in [0.25, 0.3) is 0 Å². The maximum absolute atomic E-state index is 12.2. The monoisotopic (exact) mass is 290 g/mol. The second-order valence-electron chi connectivity index (χ2n) is 5.02. The summed E-state index contributed by atoms with van der Waals surface area (Å²) >= 11 is 1.73. The van der Waals surface area contributed by atoms with Gasteiger partial charge in [-0.1, -0.05) is 36.4 Å². The maximum Gasteiger partial charge on any atom is 0.239 e. The number of hydrogen-bond acceptors (Lipinski definition) is 3. The van der Waals surface area contributed by atoms with E-state index in [2.05, 4.69) is 18.2 Å². The second kappa shape index (κ2) is 7.50. The lowest BCUT2D eigenvalue weighted by molar-refractivity contribution is -0.132. The molecule has 0 saturated carbocycles. The highest BCUT2D eigenvalue weighted by Gasteiger charge is 2.22. The van der Waals surface area contributed by atoms with Crippen LogP contribution in [0.5, 0.6) is 0 Å². The third kappa shape index (κ3) is 3.87. The van der Waals surface area contributed by atoms with E-state index >= 15 is 0 Å². The Morgan fingerprint density at radius 3 is 2.75 bits per heavy atom. The first kappa shape index (κ1) is 15.1. The molecular weight excluding hydrogens is 268 g/mol. The molecule has 2 N–H and O–H groups in total. The van der Waals surface area contributed by atoms with Gasteiger partial charge in [0.1, 0.15) is 0 Å². The number of nitrogens with two attached hydrogens (primary N) is 1. The molecule has 1 heterocycles. The molecule has 1 atom stereocenters. The van der Waals surface area contributed by atoms with Gasteiger partial charge in [0.15, 0.2) is 0 Å². The summed E-state index contributed by atoms with van der Waals surface area (Å²) in [4.78, 5) is 14.1. The first-order valence-corrected chi connectivity index (χ1v) is 8.39. The van der Waals surface area contributed by atoms with Crippen LogP contribution in [0, 0.1) is 0 Å². The van der Waals surface area contributed by atoms with Crippen LogP contribution in [-0.2, 0) is 4.79 Å². The van der Waals surface area contributed by atoms with E-state index < -0.39 is 0 Å². The van der Waals surface area contributed by atoms with Gasteiger partial charge >= 0.3 is 0 Å². The molecule has 0 saturated heterocycles. The Hall–Kier alpha value is -1.26. The third-order valence-corrected chi connectivity index (χ3v) is 4.26. The molecule has 0 aliphatic carbocycles. The van der Waals surface area contributed by atoms with Crippen molar-refractivity contribution < 1.29 is 4.79 Å². The van der Waals surface area contributed by atoms with Gasteiger partial charge in [-0.05, 0) is 36.0 Å². The average molecular weight is 290 g/mol. The van der Waals surface area contributed by atoms with Gasteiger partial charge < -0.3 is 10.6 Å². The number of hydrogen-bond donors (Lipinski definition) is 1. The molecule has 1 aliphatic heterocycles. The summed E-state index contributed by atoms with van der Waals surface area (Å²) in [5, 5.41) is 0. The van der Waals surface area contributed by atoms with E-state index in [1.165, 1.54) is 11.1 Å². The lowest BCUT2D eigenvalue weighted by atomic mass is 9.99. The van der Waals surface area contributed by atoms with Crippen LogP contribution in [0.15, 0.2) is 36.4 Å².